The van der Waals surface area contributed by atoms with Gasteiger partial charge in [-0.15, -0.1) is 0 Å². The maximum absolute atomic E-state index is 14.6. The van der Waals surface area contributed by atoms with Crippen molar-refractivity contribution in [1.82, 2.24) is 9.55 Å². The smallest absolute Gasteiger partial charge is 0.332 e. The van der Waals surface area contributed by atoms with Crippen molar-refractivity contribution in [3.63, 3.8) is 0 Å². The number of hydrogen-bond acceptors (Lipinski definition) is 6. The van der Waals surface area contributed by atoms with E-state index in [0.717, 1.165) is 27.6 Å². The predicted octanol–water partition coefficient (Wildman–Crippen LogP) is 2.42. The van der Waals surface area contributed by atoms with Gasteiger partial charge >= 0.3 is 5.97 Å². The first-order valence-corrected chi connectivity index (χ1v) is 10.8. The second-order valence-corrected chi connectivity index (χ2v) is 8.45. The lowest BCUT2D eigenvalue weighted by Crippen LogP contribution is -2.26. The van der Waals surface area contributed by atoms with Crippen LogP contribution in [0.1, 0.15) is 52.8 Å². The number of aliphatic hydroxyl groups excluding tert-OH is 1. The molecule has 3 heterocycles. The number of carbonyl (C=O) groups is 1. The largest absolute Gasteiger partial charge is 0.459 e. The molecule has 1 aliphatic carbocycles. The lowest BCUT2D eigenvalue weighted by atomic mass is 9.82. The molecule has 32 heavy (non-hydrogen) atoms. The first kappa shape index (κ1) is 20.8. The first-order valence-electron chi connectivity index (χ1n) is 10.8. The van der Waals surface area contributed by atoms with E-state index >= 15 is 0 Å². The molecule has 5 rings (SSSR count). The van der Waals surface area contributed by atoms with Crippen molar-refractivity contribution >= 4 is 16.9 Å². The van der Waals surface area contributed by atoms with Gasteiger partial charge in [0.2, 0.25) is 0 Å². The Bertz CT molecular complexity index is 1360. The summed E-state index contributed by atoms with van der Waals surface area (Å²) in [5.74, 6) is -1.07. The maximum atomic E-state index is 14.6. The van der Waals surface area contributed by atoms with Gasteiger partial charge in [-0.2, -0.15) is 0 Å². The highest BCUT2D eigenvalue weighted by Gasteiger charge is 2.33. The minimum Gasteiger partial charge on any atom is -0.459 e. The minimum atomic E-state index is -0.784. The van der Waals surface area contributed by atoms with Crippen LogP contribution in [0.15, 0.2) is 16.9 Å². The van der Waals surface area contributed by atoms with E-state index in [9.17, 15) is 14.0 Å². The van der Waals surface area contributed by atoms with Crippen molar-refractivity contribution in [2.75, 3.05) is 6.61 Å². The summed E-state index contributed by atoms with van der Waals surface area (Å²) in [6, 6.07) is 3.13. The van der Waals surface area contributed by atoms with Crippen molar-refractivity contribution in [2.24, 2.45) is 5.73 Å². The molecule has 1 aromatic carbocycles. The molecule has 0 bridgehead atoms. The number of fused-ring (bicyclic) bond motifs is 4. The van der Waals surface area contributed by atoms with E-state index in [0.29, 0.717) is 53.8 Å². The predicted molar refractivity (Wildman–Crippen MR) is 117 cm³/mol. The second-order valence-electron chi connectivity index (χ2n) is 8.45. The lowest BCUT2D eigenvalue weighted by molar-refractivity contribution is -0.148. The van der Waals surface area contributed by atoms with E-state index in [4.69, 9.17) is 20.6 Å². The maximum Gasteiger partial charge on any atom is 0.332 e. The number of hydrogen-bond donors (Lipinski definition) is 2. The van der Waals surface area contributed by atoms with Crippen molar-refractivity contribution in [3.05, 3.63) is 61.7 Å². The van der Waals surface area contributed by atoms with Crippen molar-refractivity contribution in [1.29, 1.82) is 0 Å². The molecule has 8 heteroatoms. The quantitative estimate of drug-likeness (QED) is 0.475. The van der Waals surface area contributed by atoms with Gasteiger partial charge in [-0.25, -0.2) is 14.2 Å². The number of carbonyl (C=O) groups excluding carboxylic acids is 1. The van der Waals surface area contributed by atoms with Gasteiger partial charge in [-0.1, -0.05) is 6.92 Å². The fourth-order valence-corrected chi connectivity index (χ4v) is 5.10. The molecule has 1 atom stereocenters. The summed E-state index contributed by atoms with van der Waals surface area (Å²) in [5, 5.41) is 9.83. The highest BCUT2D eigenvalue weighted by molar-refractivity contribution is 5.92. The zero-order valence-electron chi connectivity index (χ0n) is 18.0. The number of rotatable bonds is 4. The summed E-state index contributed by atoms with van der Waals surface area (Å²) in [6.45, 7) is 3.07. The van der Waals surface area contributed by atoms with Gasteiger partial charge < -0.3 is 20.1 Å². The number of aliphatic hydroxyl groups is 1. The van der Waals surface area contributed by atoms with Gasteiger partial charge in [0, 0.05) is 23.1 Å². The van der Waals surface area contributed by atoms with Crippen LogP contribution in [0.2, 0.25) is 0 Å². The monoisotopic (exact) mass is 437 g/mol. The van der Waals surface area contributed by atoms with Gasteiger partial charge in [0.25, 0.3) is 5.56 Å². The Morgan fingerprint density at radius 1 is 1.38 bits per heavy atom. The summed E-state index contributed by atoms with van der Waals surface area (Å²) in [4.78, 5) is 29.6. The van der Waals surface area contributed by atoms with E-state index in [1.165, 1.54) is 6.07 Å². The zero-order valence-corrected chi connectivity index (χ0v) is 18.0. The van der Waals surface area contributed by atoms with Gasteiger partial charge in [0.1, 0.15) is 19.0 Å². The molecular formula is C24H24FN3O4. The molecule has 1 aliphatic heterocycles. The van der Waals surface area contributed by atoms with Crippen LogP contribution in [0.25, 0.3) is 22.3 Å². The number of nitrogens with zero attached hydrogens (tertiary/aromatic N) is 2. The Morgan fingerprint density at radius 3 is 2.88 bits per heavy atom. The van der Waals surface area contributed by atoms with Gasteiger partial charge in [0.15, 0.2) is 0 Å². The average molecular weight is 437 g/mol. The molecule has 0 saturated heterocycles. The fourth-order valence-electron chi connectivity index (χ4n) is 5.10. The minimum absolute atomic E-state index is 0.200. The van der Waals surface area contributed by atoms with Crippen LogP contribution >= 0.6 is 0 Å². The Hall–Kier alpha value is -3.10. The Morgan fingerprint density at radius 2 is 2.16 bits per heavy atom. The number of aryl methyl sites for hydroxylation is 2. The van der Waals surface area contributed by atoms with Crippen LogP contribution in [0.3, 0.4) is 0 Å². The van der Waals surface area contributed by atoms with Crippen LogP contribution in [-0.2, 0) is 35.5 Å². The van der Waals surface area contributed by atoms with E-state index in [2.05, 4.69) is 0 Å². The van der Waals surface area contributed by atoms with Gasteiger partial charge in [-0.05, 0) is 54.5 Å². The molecule has 3 N–H and O–H groups in total. The van der Waals surface area contributed by atoms with Crippen LogP contribution in [-0.4, -0.2) is 27.2 Å². The molecular weight excluding hydrogens is 413 g/mol. The van der Waals surface area contributed by atoms with Gasteiger partial charge in [0.05, 0.1) is 29.0 Å². The number of esters is 1. The number of halogens is 1. The van der Waals surface area contributed by atoms with E-state index < -0.39 is 12.6 Å². The molecule has 0 unspecified atom stereocenters. The van der Waals surface area contributed by atoms with E-state index in [1.54, 1.807) is 11.5 Å². The first-order chi connectivity index (χ1) is 15.3. The fraction of sp³-hybridized carbons (Fsp3) is 0.375. The molecule has 0 fully saturated rings. The normalized spacial score (nSPS) is 16.2. The summed E-state index contributed by atoms with van der Waals surface area (Å²) in [5.41, 5.74) is 12.7. The van der Waals surface area contributed by atoms with Gasteiger partial charge in [-0.3, -0.25) is 4.79 Å². The number of pyridine rings is 2. The van der Waals surface area contributed by atoms with Crippen LogP contribution in [0.4, 0.5) is 4.39 Å². The molecule has 2 aliphatic rings. The Labute approximate surface area is 183 Å². The third kappa shape index (κ3) is 2.90. The number of ether oxygens (including phenoxy) is 1. The van der Waals surface area contributed by atoms with Crippen LogP contribution in [0, 0.1) is 12.7 Å². The molecule has 0 saturated carbocycles. The van der Waals surface area contributed by atoms with E-state index in [1.807, 2.05) is 13.0 Å². The molecule has 166 valence electrons. The Kier molecular flexibility index (Phi) is 4.87. The highest BCUT2D eigenvalue weighted by Crippen LogP contribution is 2.43. The average Bonchev–Trinajstić information content (AvgIpc) is 3.15. The molecule has 7 nitrogen and oxygen atoms in total. The van der Waals surface area contributed by atoms with Crippen molar-refractivity contribution < 1.29 is 19.0 Å². The summed E-state index contributed by atoms with van der Waals surface area (Å²) in [7, 11) is 0. The summed E-state index contributed by atoms with van der Waals surface area (Å²) >= 11 is 0. The van der Waals surface area contributed by atoms with Crippen LogP contribution < -0.4 is 11.3 Å². The third-order valence-corrected chi connectivity index (χ3v) is 6.76. The standard InChI is InChI=1S/C24H24FN3O4/c1-3-12-6-19-23-14(8-28(19)24(31)15(12)10-32-20(30)9-29)21-17(26)5-4-13-11(2)16(25)7-18(27-23)22(13)21/h6-7,17,29H,3-5,8-10,26H2,1-2H3/t17-/m0/s1. The SMILES string of the molecule is CCc1cc2n(c(=O)c1COC(=O)CO)Cc1c-2nc2cc(F)c(C)c3c2c1[C@@H](N)CC3. The van der Waals surface area contributed by atoms with E-state index in [-0.39, 0.29) is 24.0 Å². The molecule has 2 aromatic heterocycles. The van der Waals surface area contributed by atoms with Crippen LogP contribution in [0.5, 0.6) is 0 Å². The zero-order chi connectivity index (χ0) is 22.7. The summed E-state index contributed by atoms with van der Waals surface area (Å²) in [6.07, 6.45) is 1.96. The molecule has 0 radical (unpaired) electrons. The molecule has 0 amide bonds. The topological polar surface area (TPSA) is 107 Å². The molecule has 3 aromatic rings. The number of benzene rings is 1. The number of aromatic nitrogens is 2. The van der Waals surface area contributed by atoms with Crippen molar-refractivity contribution in [2.45, 2.75) is 52.3 Å². The molecule has 0 spiro atoms. The number of nitrogens with two attached hydrogens (primary N) is 1. The lowest BCUT2D eigenvalue weighted by Gasteiger charge is -2.26. The Balaban J connectivity index is 1.74. The third-order valence-electron chi connectivity index (χ3n) is 6.76. The summed E-state index contributed by atoms with van der Waals surface area (Å²) < 4.78 is 21.3. The second kappa shape index (κ2) is 7.50. The highest BCUT2D eigenvalue weighted by atomic mass is 19.1. The van der Waals surface area contributed by atoms with Crippen molar-refractivity contribution in [3.8, 4) is 11.4 Å².